The summed E-state index contributed by atoms with van der Waals surface area (Å²) < 4.78 is 0. The number of rotatable bonds is 4. The number of hydrogen-bond acceptors (Lipinski definition) is 10. The SMILES string of the molecule is Cc1c(C)c(B2c3cc(C#N)c(C#N)cc3N(c3ccccc3)C3C=C(C#N)C(C#N)=CC23)c(C)c(C)c1B1c2cc(C#N)c(C#N)cc2N(C2=CC=CCC2)C2C=C(C#N)C(C#N)=CC12. The molecule has 0 radical (unpaired) electrons. The Morgan fingerprint density at radius 2 is 0.909 bits per heavy atom. The van der Waals surface area contributed by atoms with Crippen LogP contribution in [0.1, 0.15) is 57.3 Å². The van der Waals surface area contributed by atoms with E-state index in [9.17, 15) is 42.1 Å². The van der Waals surface area contributed by atoms with Gasteiger partial charge in [0.2, 0.25) is 13.4 Å². The maximum absolute atomic E-state index is 10.5. The van der Waals surface area contributed by atoms with Crippen LogP contribution in [0, 0.1) is 118 Å². The number of hydrogen-bond donors (Lipinski definition) is 0. The molecule has 308 valence electrons. The second-order valence-corrected chi connectivity index (χ2v) is 17.2. The summed E-state index contributed by atoms with van der Waals surface area (Å²) in [5.74, 6) is -0.790. The van der Waals surface area contributed by atoms with Crippen LogP contribution in [-0.2, 0) is 0 Å². The minimum Gasteiger partial charge on any atom is -0.339 e. The fourth-order valence-corrected chi connectivity index (χ4v) is 11.2. The monoisotopic (exact) mass is 846 g/mol. The Morgan fingerprint density at radius 1 is 0.500 bits per heavy atom. The van der Waals surface area contributed by atoms with E-state index in [1.165, 1.54) is 0 Å². The number of nitriles is 8. The Morgan fingerprint density at radius 3 is 1.32 bits per heavy atom. The van der Waals surface area contributed by atoms with E-state index in [0.29, 0.717) is 12.1 Å². The Bertz CT molecular complexity index is 3380. The zero-order chi connectivity index (χ0) is 46.6. The van der Waals surface area contributed by atoms with E-state index in [2.05, 4.69) is 98.2 Å². The smallest absolute Gasteiger partial charge is 0.222 e. The molecule has 0 saturated heterocycles. The number of nitrogens with zero attached hydrogens (tertiary/aromatic N) is 10. The summed E-state index contributed by atoms with van der Waals surface area (Å²) in [6, 6.07) is 34.1. The van der Waals surface area contributed by atoms with Crippen molar-refractivity contribution in [1.29, 1.82) is 42.1 Å². The fourth-order valence-electron chi connectivity index (χ4n) is 11.2. The van der Waals surface area contributed by atoms with E-state index < -0.39 is 31.3 Å². The van der Waals surface area contributed by atoms with Crippen molar-refractivity contribution in [3.8, 4) is 48.6 Å². The number of fused-ring (bicyclic) bond motifs is 4. The van der Waals surface area contributed by atoms with Crippen LogP contribution >= 0.6 is 0 Å². The first-order valence-corrected chi connectivity index (χ1v) is 21.6. The number of allylic oxidation sites excluding steroid dienone is 8. The minimum atomic E-state index is -0.465. The van der Waals surface area contributed by atoms with Gasteiger partial charge in [0.25, 0.3) is 0 Å². The molecule has 4 atom stereocenters. The van der Waals surface area contributed by atoms with Gasteiger partial charge in [0.05, 0.1) is 56.6 Å². The highest BCUT2D eigenvalue weighted by atomic mass is 15.2. The largest absolute Gasteiger partial charge is 0.339 e. The van der Waals surface area contributed by atoms with Crippen LogP contribution in [0.2, 0.25) is 11.6 Å². The van der Waals surface area contributed by atoms with E-state index in [1.807, 2.05) is 72.8 Å². The van der Waals surface area contributed by atoms with Crippen LogP contribution in [0.4, 0.5) is 17.1 Å². The first-order valence-electron chi connectivity index (χ1n) is 21.6. The van der Waals surface area contributed by atoms with Crippen LogP contribution < -0.4 is 31.7 Å². The van der Waals surface area contributed by atoms with Gasteiger partial charge in [-0.2, -0.15) is 42.1 Å². The lowest BCUT2D eigenvalue weighted by Crippen LogP contribution is -2.62. The Balaban J connectivity index is 1.35. The van der Waals surface area contributed by atoms with Crippen molar-refractivity contribution in [2.45, 2.75) is 64.3 Å². The molecule has 12 heteroatoms. The normalized spacial score (nSPS) is 19.8. The van der Waals surface area contributed by atoms with Crippen molar-refractivity contribution in [3.63, 3.8) is 0 Å². The van der Waals surface area contributed by atoms with Crippen LogP contribution in [-0.4, -0.2) is 25.5 Å². The number of benzene rings is 4. The fraction of sp³-hybridized carbons (Fsp3) is 0.185. The average molecular weight is 847 g/mol. The zero-order valence-electron chi connectivity index (χ0n) is 36.6. The van der Waals surface area contributed by atoms with E-state index in [0.717, 1.165) is 67.6 Å². The molecular formula is C54H36B2N10. The van der Waals surface area contributed by atoms with E-state index in [1.54, 1.807) is 12.1 Å². The molecule has 4 aromatic rings. The Kier molecular flexibility index (Phi) is 10.6. The second kappa shape index (κ2) is 16.6. The number of anilines is 3. The van der Waals surface area contributed by atoms with Crippen molar-refractivity contribution in [3.05, 3.63) is 170 Å². The molecule has 0 amide bonds. The van der Waals surface area contributed by atoms with Gasteiger partial charge in [-0.15, -0.1) is 0 Å². The standard InChI is InChI=1S/C54H36B2N10/c1-31-32(2)54(56-47-17-37(25-59)41(29-63)21-51(47)66(44-13-9-6-10-14-44)52-22-42(30-64)38(26-60)18-48(52)56)34(4)33(3)53(31)55-45-15-35(23-57)39(27-61)19-49(45)65(43-11-7-5-8-12-43)50-20-40(28-62)36(24-58)16-46(50)55/h5-9,11-13,15-22,45,47,49,51H,10,14H2,1-4H3. The lowest BCUT2D eigenvalue weighted by Gasteiger charge is -2.49. The predicted molar refractivity (Wildman–Crippen MR) is 255 cm³/mol. The summed E-state index contributed by atoms with van der Waals surface area (Å²) in [4.78, 5) is 4.29. The summed E-state index contributed by atoms with van der Waals surface area (Å²) in [5.41, 5.74) is 12.8. The molecule has 2 heterocycles. The van der Waals surface area contributed by atoms with Gasteiger partial charge in [-0.25, -0.2) is 0 Å². The first kappa shape index (κ1) is 42.3. The third-order valence-electron chi connectivity index (χ3n) is 14.3. The van der Waals surface area contributed by atoms with Crippen LogP contribution in [0.25, 0.3) is 0 Å². The molecule has 0 spiro atoms. The van der Waals surface area contributed by atoms with Crippen molar-refractivity contribution >= 4 is 52.3 Å². The Hall–Kier alpha value is -9.03. The summed E-state index contributed by atoms with van der Waals surface area (Å²) in [5, 5.41) is 83.3. The van der Waals surface area contributed by atoms with E-state index in [-0.39, 0.29) is 50.4 Å². The molecule has 5 aliphatic rings. The predicted octanol–water partition coefficient (Wildman–Crippen LogP) is 7.14. The van der Waals surface area contributed by atoms with Gasteiger partial charge in [-0.05, 0) is 118 Å². The minimum absolute atomic E-state index is 0.223. The summed E-state index contributed by atoms with van der Waals surface area (Å²) >= 11 is 0. The molecule has 4 unspecified atom stereocenters. The van der Waals surface area contributed by atoms with Crippen molar-refractivity contribution < 1.29 is 0 Å². The van der Waals surface area contributed by atoms with Crippen LogP contribution in [0.15, 0.2) is 125 Å². The lowest BCUT2D eigenvalue weighted by atomic mass is 9.26. The highest BCUT2D eigenvalue weighted by Crippen LogP contribution is 2.46. The van der Waals surface area contributed by atoms with Gasteiger partial charge in [0.15, 0.2) is 0 Å². The third kappa shape index (κ3) is 6.34. The average Bonchev–Trinajstić information content (AvgIpc) is 3.36. The summed E-state index contributed by atoms with van der Waals surface area (Å²) in [6.45, 7) is 7.45. The van der Waals surface area contributed by atoms with Gasteiger partial charge in [-0.3, -0.25) is 0 Å². The quantitative estimate of drug-likeness (QED) is 0.191. The highest BCUT2D eigenvalue weighted by Gasteiger charge is 2.50. The molecule has 0 fully saturated rings. The molecule has 0 saturated carbocycles. The number of para-hydroxylation sites is 1. The molecule has 3 aliphatic carbocycles. The topological polar surface area (TPSA) is 197 Å². The molecule has 4 aromatic carbocycles. The first-order chi connectivity index (χ1) is 32.1. The van der Waals surface area contributed by atoms with Crippen LogP contribution in [0.3, 0.4) is 0 Å². The zero-order valence-corrected chi connectivity index (χ0v) is 36.6. The Labute approximate surface area is 385 Å². The molecule has 9 rings (SSSR count). The molecule has 2 aliphatic heterocycles. The summed E-state index contributed by atoms with van der Waals surface area (Å²) in [7, 11) is 0. The summed E-state index contributed by atoms with van der Waals surface area (Å²) in [6.07, 6.45) is 15.2. The highest BCUT2D eigenvalue weighted by molar-refractivity contribution is 6.91. The van der Waals surface area contributed by atoms with Gasteiger partial charge >= 0.3 is 0 Å². The van der Waals surface area contributed by atoms with Crippen molar-refractivity contribution in [2.75, 3.05) is 9.80 Å². The second-order valence-electron chi connectivity index (χ2n) is 17.2. The van der Waals surface area contributed by atoms with Gasteiger partial charge in [0.1, 0.15) is 48.6 Å². The van der Waals surface area contributed by atoms with Gasteiger partial charge in [-0.1, -0.05) is 75.7 Å². The van der Waals surface area contributed by atoms with Gasteiger partial charge < -0.3 is 9.80 Å². The lowest BCUT2D eigenvalue weighted by molar-refractivity contribution is 0.702. The molecule has 0 aromatic heterocycles. The third-order valence-corrected chi connectivity index (χ3v) is 14.3. The molecule has 0 N–H and O–H groups in total. The molecule has 66 heavy (non-hydrogen) atoms. The maximum Gasteiger partial charge on any atom is 0.222 e. The molecular weight excluding hydrogens is 810 g/mol. The molecule has 10 nitrogen and oxygen atoms in total. The maximum atomic E-state index is 10.5. The van der Waals surface area contributed by atoms with Crippen molar-refractivity contribution in [1.82, 2.24) is 0 Å². The van der Waals surface area contributed by atoms with E-state index >= 15 is 0 Å². The van der Waals surface area contributed by atoms with E-state index in [4.69, 9.17) is 0 Å². The van der Waals surface area contributed by atoms with Crippen molar-refractivity contribution in [2.24, 2.45) is 0 Å². The molecule has 0 bridgehead atoms. The van der Waals surface area contributed by atoms with Crippen LogP contribution in [0.5, 0.6) is 0 Å². The van der Waals surface area contributed by atoms with Gasteiger partial charge in [0, 0.05) is 22.8 Å².